The van der Waals surface area contributed by atoms with Crippen molar-refractivity contribution in [3.05, 3.63) is 16.8 Å². The van der Waals surface area contributed by atoms with Gasteiger partial charge in [-0.05, 0) is 32.8 Å². The molecule has 2 rings (SSSR count). The predicted octanol–water partition coefficient (Wildman–Crippen LogP) is 1.47. The molecule has 1 unspecified atom stereocenters. The predicted molar refractivity (Wildman–Crippen MR) is 82.9 cm³/mol. The van der Waals surface area contributed by atoms with E-state index < -0.39 is 0 Å². The molecule has 2 heterocycles. The molecule has 5 nitrogen and oxygen atoms in total. The first-order valence-corrected chi connectivity index (χ1v) is 7.60. The van der Waals surface area contributed by atoms with E-state index in [0.29, 0.717) is 12.6 Å². The van der Waals surface area contributed by atoms with Crippen LogP contribution in [-0.2, 0) is 6.54 Å². The van der Waals surface area contributed by atoms with Crippen molar-refractivity contribution in [2.45, 2.75) is 46.7 Å². The molecule has 1 fully saturated rings. The Bertz CT molecular complexity index is 452. The van der Waals surface area contributed by atoms with Gasteiger partial charge in [0.1, 0.15) is 0 Å². The molecular weight excluding hydrogens is 250 g/mol. The fourth-order valence-electron chi connectivity index (χ4n) is 2.77. The summed E-state index contributed by atoms with van der Waals surface area (Å²) < 4.78 is 0. The summed E-state index contributed by atoms with van der Waals surface area (Å²) in [5.74, 6) is 0.986. The minimum absolute atomic E-state index is 0.531. The monoisotopic (exact) mass is 277 g/mol. The molecule has 1 aromatic heterocycles. The lowest BCUT2D eigenvalue weighted by molar-refractivity contribution is 0.192. The lowest BCUT2D eigenvalue weighted by Gasteiger charge is -2.38. The van der Waals surface area contributed by atoms with Gasteiger partial charge in [-0.1, -0.05) is 6.92 Å². The number of hydrogen-bond acceptors (Lipinski definition) is 5. The summed E-state index contributed by atoms with van der Waals surface area (Å²) in [5, 5.41) is 8.67. The second kappa shape index (κ2) is 6.50. The lowest BCUT2D eigenvalue weighted by Crippen LogP contribution is -2.50. The Morgan fingerprint density at radius 3 is 2.35 bits per heavy atom. The van der Waals surface area contributed by atoms with E-state index in [1.165, 1.54) is 12.0 Å². The second-order valence-electron chi connectivity index (χ2n) is 5.70. The van der Waals surface area contributed by atoms with Gasteiger partial charge in [-0.3, -0.25) is 4.90 Å². The number of nitrogens with zero attached hydrogens (tertiary/aromatic N) is 4. The van der Waals surface area contributed by atoms with Crippen molar-refractivity contribution in [1.29, 1.82) is 0 Å². The fraction of sp³-hybridized carbons (Fsp3) is 0.733. The normalized spacial score (nSPS) is 18.4. The highest BCUT2D eigenvalue weighted by atomic mass is 15.3. The Morgan fingerprint density at radius 1 is 1.15 bits per heavy atom. The maximum Gasteiger partial charge on any atom is 0.156 e. The van der Waals surface area contributed by atoms with Crippen LogP contribution in [0, 0.1) is 13.8 Å². The Labute approximate surface area is 122 Å². The summed E-state index contributed by atoms with van der Waals surface area (Å²) in [7, 11) is 0. The average molecular weight is 277 g/mol. The summed E-state index contributed by atoms with van der Waals surface area (Å²) >= 11 is 0. The van der Waals surface area contributed by atoms with Crippen LogP contribution in [0.4, 0.5) is 5.82 Å². The molecule has 1 aliphatic rings. The van der Waals surface area contributed by atoms with Crippen LogP contribution in [0.25, 0.3) is 0 Å². The van der Waals surface area contributed by atoms with Crippen LogP contribution in [0.3, 0.4) is 0 Å². The number of aryl methyl sites for hydroxylation is 1. The Morgan fingerprint density at radius 2 is 1.80 bits per heavy atom. The van der Waals surface area contributed by atoms with Gasteiger partial charge in [0.15, 0.2) is 5.82 Å². The van der Waals surface area contributed by atoms with Crippen molar-refractivity contribution >= 4 is 5.82 Å². The standard InChI is InChI=1S/C15H27N5/c1-5-11(2)19-6-8-20(9-7-19)15-14(10-16)12(3)13(4)17-18-15/h11H,5-10,16H2,1-4H3. The highest BCUT2D eigenvalue weighted by Crippen LogP contribution is 2.23. The van der Waals surface area contributed by atoms with Gasteiger partial charge in [-0.2, -0.15) is 5.10 Å². The number of rotatable bonds is 4. The van der Waals surface area contributed by atoms with Gasteiger partial charge in [0.2, 0.25) is 0 Å². The van der Waals surface area contributed by atoms with Crippen LogP contribution in [0.1, 0.15) is 37.1 Å². The molecule has 0 radical (unpaired) electrons. The summed E-state index contributed by atoms with van der Waals surface area (Å²) in [6, 6.07) is 0.664. The van der Waals surface area contributed by atoms with Crippen molar-refractivity contribution in [2.24, 2.45) is 5.73 Å². The molecule has 20 heavy (non-hydrogen) atoms. The van der Waals surface area contributed by atoms with Crippen molar-refractivity contribution in [3.63, 3.8) is 0 Å². The number of anilines is 1. The van der Waals surface area contributed by atoms with E-state index in [-0.39, 0.29) is 0 Å². The number of piperazine rings is 1. The highest BCUT2D eigenvalue weighted by Gasteiger charge is 2.23. The zero-order valence-corrected chi connectivity index (χ0v) is 13.2. The number of nitrogens with two attached hydrogens (primary N) is 1. The SMILES string of the molecule is CCC(C)N1CCN(c2nnc(C)c(C)c2CN)CC1. The van der Waals surface area contributed by atoms with Gasteiger partial charge in [-0.25, -0.2) is 0 Å². The lowest BCUT2D eigenvalue weighted by atomic mass is 10.1. The second-order valence-corrected chi connectivity index (χ2v) is 5.70. The largest absolute Gasteiger partial charge is 0.352 e. The van der Waals surface area contributed by atoms with Crippen LogP contribution in [-0.4, -0.2) is 47.3 Å². The molecule has 0 spiro atoms. The van der Waals surface area contributed by atoms with E-state index in [1.807, 2.05) is 6.92 Å². The zero-order valence-electron chi connectivity index (χ0n) is 13.2. The summed E-state index contributed by atoms with van der Waals surface area (Å²) in [5.41, 5.74) is 9.23. The van der Waals surface area contributed by atoms with Gasteiger partial charge < -0.3 is 10.6 Å². The third kappa shape index (κ3) is 2.94. The van der Waals surface area contributed by atoms with E-state index in [1.54, 1.807) is 0 Å². The van der Waals surface area contributed by atoms with Crippen molar-refractivity contribution in [3.8, 4) is 0 Å². The summed E-state index contributed by atoms with van der Waals surface area (Å²) in [4.78, 5) is 4.88. The van der Waals surface area contributed by atoms with Crippen LogP contribution in [0.2, 0.25) is 0 Å². The Kier molecular flexibility index (Phi) is 4.94. The van der Waals surface area contributed by atoms with Crippen molar-refractivity contribution in [1.82, 2.24) is 15.1 Å². The zero-order chi connectivity index (χ0) is 14.7. The van der Waals surface area contributed by atoms with E-state index in [4.69, 9.17) is 5.73 Å². The van der Waals surface area contributed by atoms with E-state index in [2.05, 4.69) is 40.8 Å². The molecule has 1 aliphatic heterocycles. The first-order chi connectivity index (χ1) is 9.58. The molecule has 0 saturated carbocycles. The van der Waals surface area contributed by atoms with Crippen LogP contribution in [0.5, 0.6) is 0 Å². The van der Waals surface area contributed by atoms with E-state index >= 15 is 0 Å². The third-order valence-corrected chi connectivity index (χ3v) is 4.59. The number of hydrogen-bond donors (Lipinski definition) is 1. The quantitative estimate of drug-likeness (QED) is 0.903. The molecule has 1 aromatic rings. The highest BCUT2D eigenvalue weighted by molar-refractivity contribution is 5.51. The van der Waals surface area contributed by atoms with Gasteiger partial charge in [0.25, 0.3) is 0 Å². The van der Waals surface area contributed by atoms with Gasteiger partial charge in [0.05, 0.1) is 5.69 Å². The smallest absolute Gasteiger partial charge is 0.156 e. The van der Waals surface area contributed by atoms with Crippen LogP contribution >= 0.6 is 0 Å². The van der Waals surface area contributed by atoms with E-state index in [0.717, 1.165) is 43.3 Å². The van der Waals surface area contributed by atoms with Crippen LogP contribution < -0.4 is 10.6 Å². The minimum Gasteiger partial charge on any atom is -0.352 e. The number of aromatic nitrogens is 2. The van der Waals surface area contributed by atoms with E-state index in [9.17, 15) is 0 Å². The molecule has 0 bridgehead atoms. The first kappa shape index (κ1) is 15.2. The average Bonchev–Trinajstić information content (AvgIpc) is 2.49. The van der Waals surface area contributed by atoms with Crippen molar-refractivity contribution < 1.29 is 0 Å². The topological polar surface area (TPSA) is 58.3 Å². The van der Waals surface area contributed by atoms with Crippen LogP contribution in [0.15, 0.2) is 0 Å². The first-order valence-electron chi connectivity index (χ1n) is 7.60. The molecule has 112 valence electrons. The Balaban J connectivity index is 2.13. The molecular formula is C15H27N5. The fourth-order valence-corrected chi connectivity index (χ4v) is 2.77. The summed E-state index contributed by atoms with van der Waals surface area (Å²) in [6.45, 7) is 13.4. The molecule has 1 saturated heterocycles. The van der Waals surface area contributed by atoms with Gasteiger partial charge in [-0.15, -0.1) is 5.10 Å². The Hall–Kier alpha value is -1.20. The molecule has 0 aliphatic carbocycles. The van der Waals surface area contributed by atoms with Gasteiger partial charge >= 0.3 is 0 Å². The molecule has 2 N–H and O–H groups in total. The minimum atomic E-state index is 0.531. The molecule has 1 atom stereocenters. The molecule has 0 amide bonds. The van der Waals surface area contributed by atoms with Crippen molar-refractivity contribution in [2.75, 3.05) is 31.1 Å². The third-order valence-electron chi connectivity index (χ3n) is 4.59. The molecule has 0 aromatic carbocycles. The maximum absolute atomic E-state index is 5.92. The summed E-state index contributed by atoms with van der Waals surface area (Å²) in [6.07, 6.45) is 1.21. The van der Waals surface area contributed by atoms with Gasteiger partial charge in [0, 0.05) is 44.3 Å². The maximum atomic E-state index is 5.92. The molecule has 5 heteroatoms.